The smallest absolute Gasteiger partial charge is 0.320 e. The first-order valence-corrected chi connectivity index (χ1v) is 20.9. The number of aliphatic hydroxyl groups is 1. The van der Waals surface area contributed by atoms with Crippen LogP contribution in [0.15, 0.2) is 66.9 Å². The Balaban J connectivity index is 0.972. The molecule has 308 valence electrons. The van der Waals surface area contributed by atoms with E-state index in [9.17, 15) is 9.90 Å². The number of urea groups is 1. The number of hydrogen-bond donors (Lipinski definition) is 3. The monoisotopic (exact) mass is 790 g/mol. The second kappa shape index (κ2) is 17.0. The first-order valence-electron chi connectivity index (χ1n) is 20.9. The summed E-state index contributed by atoms with van der Waals surface area (Å²) in [4.78, 5) is 21.0. The molecule has 0 unspecified atom stereocenters. The largest absolute Gasteiger partial charge is 0.492 e. The Morgan fingerprint density at radius 1 is 0.931 bits per heavy atom. The highest BCUT2D eigenvalue weighted by atomic mass is 16.5. The van der Waals surface area contributed by atoms with E-state index in [0.29, 0.717) is 36.2 Å². The van der Waals surface area contributed by atoms with Crippen molar-refractivity contribution in [3.8, 4) is 17.2 Å². The lowest BCUT2D eigenvalue weighted by molar-refractivity contribution is 0.133. The van der Waals surface area contributed by atoms with Crippen LogP contribution in [0, 0.1) is 0 Å². The van der Waals surface area contributed by atoms with Gasteiger partial charge in [0.1, 0.15) is 30.0 Å². The summed E-state index contributed by atoms with van der Waals surface area (Å²) in [6.07, 6.45) is 6.77. The molecular weight excluding hydrogens is 733 g/mol. The Morgan fingerprint density at radius 3 is 2.52 bits per heavy atom. The lowest BCUT2D eigenvalue weighted by Crippen LogP contribution is -2.45. The summed E-state index contributed by atoms with van der Waals surface area (Å²) in [5.74, 6) is 2.75. The van der Waals surface area contributed by atoms with Gasteiger partial charge >= 0.3 is 6.03 Å². The van der Waals surface area contributed by atoms with Gasteiger partial charge in [-0.1, -0.05) is 51.1 Å². The highest BCUT2D eigenvalue weighted by Crippen LogP contribution is 2.39. The summed E-state index contributed by atoms with van der Waals surface area (Å²) in [7, 11) is 2.15. The lowest BCUT2D eigenvalue weighted by Gasteiger charge is -2.33. The molecule has 0 saturated carbocycles. The normalized spacial score (nSPS) is 20.5. The number of fused-ring (bicyclic) bond motifs is 2. The fourth-order valence-electron chi connectivity index (χ4n) is 8.35. The van der Waals surface area contributed by atoms with Gasteiger partial charge in [0.05, 0.1) is 30.2 Å². The molecule has 0 spiro atoms. The third-order valence-electron chi connectivity index (χ3n) is 11.9. The number of likely N-dealkylation sites (N-methyl/N-ethyl adjacent to an activating group) is 1. The second-order valence-corrected chi connectivity index (χ2v) is 17.1. The van der Waals surface area contributed by atoms with E-state index >= 15 is 0 Å². The van der Waals surface area contributed by atoms with Crippen LogP contribution in [0.4, 0.5) is 16.6 Å². The number of anilines is 2. The highest BCUT2D eigenvalue weighted by molar-refractivity contribution is 5.89. The number of piperidine rings is 1. The first-order chi connectivity index (χ1) is 28.0. The van der Waals surface area contributed by atoms with E-state index in [1.807, 2.05) is 59.1 Å². The number of nitrogens with one attached hydrogen (secondary N) is 2. The summed E-state index contributed by atoms with van der Waals surface area (Å²) >= 11 is 0. The fraction of sp³-hybridized carbons (Fsp3) is 0.500. The Morgan fingerprint density at radius 2 is 1.74 bits per heavy atom. The molecule has 14 heteroatoms. The van der Waals surface area contributed by atoms with Crippen molar-refractivity contribution in [1.29, 1.82) is 0 Å². The number of aliphatic hydroxyl groups excluding tert-OH is 1. The number of benzene rings is 2. The average Bonchev–Trinajstić information content (AvgIpc) is 3.84. The predicted octanol–water partition coefficient (Wildman–Crippen LogP) is 6.49. The van der Waals surface area contributed by atoms with Crippen LogP contribution in [0.3, 0.4) is 0 Å². The van der Waals surface area contributed by atoms with E-state index in [-0.39, 0.29) is 30.2 Å². The maximum Gasteiger partial charge on any atom is 0.320 e. The summed E-state index contributed by atoms with van der Waals surface area (Å²) in [5, 5.41) is 30.5. The van der Waals surface area contributed by atoms with Gasteiger partial charge in [0.25, 0.3) is 0 Å². The topological polar surface area (TPSA) is 138 Å². The van der Waals surface area contributed by atoms with Crippen molar-refractivity contribution in [2.24, 2.45) is 0 Å². The molecule has 2 saturated heterocycles. The molecule has 5 aromatic rings. The number of carbonyl (C=O) groups is 1. The summed E-state index contributed by atoms with van der Waals surface area (Å²) in [5.41, 5.74) is 4.87. The van der Waals surface area contributed by atoms with Crippen molar-refractivity contribution in [2.45, 2.75) is 90.0 Å². The van der Waals surface area contributed by atoms with Crippen LogP contribution in [0.25, 0.3) is 11.3 Å². The molecule has 2 aromatic carbocycles. The standard InChI is InChI=1S/C44H58N10O4/c1-30-10-8-9-19-52(30)43-48-47-40-18-15-33(28-53(40)43)58-37-17-16-36(34-11-6-7-12-35(34)37)45-42(56)46-41-27-39(44(2,3)4)49-54(41)32-14-13-31(29-55)38(26-32)57-25-24-51-22-20-50(5)21-23-51/h6-7,11-15,18,26-28,30,36-37,55H,8-10,16-17,19-25,29H2,1-5H3,(H2,45,46,56)/t30-,36-,37+/m0/s1. The third kappa shape index (κ3) is 8.64. The number of hydrogen-bond acceptors (Lipinski definition) is 10. The van der Waals surface area contributed by atoms with Gasteiger partial charge in [0.15, 0.2) is 5.65 Å². The number of carbonyl (C=O) groups excluding carboxylic acids is 1. The molecule has 14 nitrogen and oxygen atoms in total. The minimum absolute atomic E-state index is 0.144. The summed E-state index contributed by atoms with van der Waals surface area (Å²) < 4.78 is 16.8. The quantitative estimate of drug-likeness (QED) is 0.136. The fourth-order valence-corrected chi connectivity index (χ4v) is 8.35. The van der Waals surface area contributed by atoms with Crippen molar-refractivity contribution >= 4 is 23.4 Å². The van der Waals surface area contributed by atoms with E-state index in [1.54, 1.807) is 4.68 Å². The van der Waals surface area contributed by atoms with Gasteiger partial charge in [0, 0.05) is 68.4 Å². The molecule has 3 aliphatic rings. The van der Waals surface area contributed by atoms with Gasteiger partial charge < -0.3 is 29.7 Å². The minimum Gasteiger partial charge on any atom is -0.492 e. The molecule has 2 amide bonds. The van der Waals surface area contributed by atoms with Crippen molar-refractivity contribution in [3.63, 3.8) is 0 Å². The maximum absolute atomic E-state index is 13.9. The van der Waals surface area contributed by atoms with Crippen molar-refractivity contribution in [3.05, 3.63) is 89.2 Å². The van der Waals surface area contributed by atoms with Crippen LogP contribution < -0.4 is 25.0 Å². The first kappa shape index (κ1) is 39.6. The number of aromatic nitrogens is 5. The number of rotatable bonds is 11. The molecule has 5 heterocycles. The minimum atomic E-state index is -0.325. The maximum atomic E-state index is 13.9. The SMILES string of the molecule is C[C@H]1CCCCN1c1nnc2ccc(O[C@@H]3CC[C@H](NC(=O)Nc4cc(C(C)(C)C)nn4-c4ccc(CO)c(OCCN5CCN(C)CC5)c4)c4ccccc43)cn12. The van der Waals surface area contributed by atoms with Crippen LogP contribution in [-0.2, 0) is 12.0 Å². The molecule has 3 atom stereocenters. The third-order valence-corrected chi connectivity index (χ3v) is 11.9. The van der Waals surface area contributed by atoms with Gasteiger partial charge in [-0.2, -0.15) is 5.10 Å². The Labute approximate surface area is 341 Å². The zero-order valence-electron chi connectivity index (χ0n) is 34.5. The molecule has 3 N–H and O–H groups in total. The van der Waals surface area contributed by atoms with E-state index < -0.39 is 0 Å². The number of piperazine rings is 1. The van der Waals surface area contributed by atoms with E-state index in [2.05, 4.69) is 82.4 Å². The van der Waals surface area contributed by atoms with Gasteiger partial charge in [-0.25, -0.2) is 9.48 Å². The molecule has 2 aliphatic heterocycles. The summed E-state index contributed by atoms with van der Waals surface area (Å²) in [6.45, 7) is 14.8. The molecule has 1 aliphatic carbocycles. The van der Waals surface area contributed by atoms with Crippen molar-refractivity contribution < 1.29 is 19.4 Å². The predicted molar refractivity (Wildman–Crippen MR) is 225 cm³/mol. The lowest BCUT2D eigenvalue weighted by atomic mass is 9.85. The van der Waals surface area contributed by atoms with E-state index in [1.165, 1.54) is 6.42 Å². The summed E-state index contributed by atoms with van der Waals surface area (Å²) in [6, 6.07) is 19.6. The van der Waals surface area contributed by atoms with Gasteiger partial charge in [-0.3, -0.25) is 14.6 Å². The van der Waals surface area contributed by atoms with Gasteiger partial charge in [-0.05, 0) is 75.4 Å². The zero-order chi connectivity index (χ0) is 40.4. The molecule has 0 radical (unpaired) electrons. The van der Waals surface area contributed by atoms with Crippen LogP contribution in [0.1, 0.15) is 94.3 Å². The number of amides is 2. The molecule has 3 aromatic heterocycles. The molecule has 2 fully saturated rings. The second-order valence-electron chi connectivity index (χ2n) is 17.1. The molecular formula is C44H58N10O4. The number of nitrogens with zero attached hydrogens (tertiary/aromatic N) is 8. The van der Waals surface area contributed by atoms with E-state index in [0.717, 1.165) is 98.4 Å². The molecule has 8 rings (SSSR count). The Bertz CT molecular complexity index is 2200. The van der Waals surface area contributed by atoms with Crippen LogP contribution in [0.5, 0.6) is 11.5 Å². The molecule has 0 bridgehead atoms. The Hall–Kier alpha value is -5.18. The van der Waals surface area contributed by atoms with Crippen LogP contribution >= 0.6 is 0 Å². The highest BCUT2D eigenvalue weighted by Gasteiger charge is 2.31. The Kier molecular flexibility index (Phi) is 11.6. The molecule has 58 heavy (non-hydrogen) atoms. The van der Waals surface area contributed by atoms with Gasteiger partial charge in [-0.15, -0.1) is 10.2 Å². The van der Waals surface area contributed by atoms with Crippen molar-refractivity contribution in [2.75, 3.05) is 63.1 Å². The zero-order valence-corrected chi connectivity index (χ0v) is 34.5. The number of pyridine rings is 1. The average molecular weight is 791 g/mol. The van der Waals surface area contributed by atoms with E-state index in [4.69, 9.17) is 14.6 Å². The van der Waals surface area contributed by atoms with Crippen LogP contribution in [0.2, 0.25) is 0 Å². The van der Waals surface area contributed by atoms with Crippen molar-refractivity contribution in [1.82, 2.24) is 39.5 Å². The van der Waals surface area contributed by atoms with Gasteiger partial charge in [0.2, 0.25) is 5.95 Å². The van der Waals surface area contributed by atoms with Crippen LogP contribution in [-0.4, -0.2) is 104 Å². The number of ether oxygens (including phenoxy) is 2.